The first-order valence-corrected chi connectivity index (χ1v) is 7.87. The van der Waals surface area contributed by atoms with Gasteiger partial charge in [0.05, 0.1) is 11.4 Å². The first-order chi connectivity index (χ1) is 11.2. The molecule has 0 amide bonds. The molecule has 4 rings (SSSR count). The molecule has 0 saturated carbocycles. The van der Waals surface area contributed by atoms with E-state index in [1.807, 2.05) is 47.7 Å². The lowest BCUT2D eigenvalue weighted by Gasteiger charge is -2.19. The van der Waals surface area contributed by atoms with E-state index < -0.39 is 0 Å². The summed E-state index contributed by atoms with van der Waals surface area (Å²) >= 11 is 0. The normalized spacial score (nSPS) is 21.1. The molecule has 1 saturated heterocycles. The largest absolute Gasteiger partial charge is 0.372 e. The Morgan fingerprint density at radius 3 is 3.13 bits per heavy atom. The average Bonchev–Trinajstić information content (AvgIpc) is 3.23. The molecule has 3 aromatic rings. The number of anilines is 1. The Morgan fingerprint density at radius 1 is 1.39 bits per heavy atom. The van der Waals surface area contributed by atoms with Crippen LogP contribution in [0.3, 0.4) is 0 Å². The second-order valence-electron chi connectivity index (χ2n) is 5.99. The fourth-order valence-corrected chi connectivity index (χ4v) is 3.24. The molecule has 0 aromatic carbocycles. The molecule has 1 fully saturated rings. The maximum atomic E-state index is 5.93. The Bertz CT molecular complexity index is 823. The van der Waals surface area contributed by atoms with Crippen molar-refractivity contribution in [3.63, 3.8) is 0 Å². The minimum absolute atomic E-state index is 0.0846. The monoisotopic (exact) mass is 312 g/mol. The van der Waals surface area contributed by atoms with Gasteiger partial charge in [-0.1, -0.05) is 0 Å². The van der Waals surface area contributed by atoms with E-state index in [0.29, 0.717) is 5.92 Å². The number of hydrogen-bond acceptors (Lipinski definition) is 5. The lowest BCUT2D eigenvalue weighted by molar-refractivity contribution is 0.0866. The Morgan fingerprint density at radius 2 is 2.30 bits per heavy atom. The number of fused-ring (bicyclic) bond motifs is 1. The van der Waals surface area contributed by atoms with E-state index in [1.54, 1.807) is 6.20 Å². The number of aryl methyl sites for hydroxylation is 2. The van der Waals surface area contributed by atoms with E-state index in [1.165, 1.54) is 0 Å². The molecule has 1 N–H and O–H groups in total. The third-order valence-corrected chi connectivity index (χ3v) is 4.41. The third kappa shape index (κ3) is 2.57. The highest BCUT2D eigenvalue weighted by molar-refractivity contribution is 5.67. The third-order valence-electron chi connectivity index (χ3n) is 4.41. The van der Waals surface area contributed by atoms with E-state index in [4.69, 9.17) is 4.74 Å². The summed E-state index contributed by atoms with van der Waals surface area (Å²) in [6.07, 6.45) is 6.57. The van der Waals surface area contributed by atoms with Crippen molar-refractivity contribution in [3.8, 4) is 0 Å². The van der Waals surface area contributed by atoms with Gasteiger partial charge in [-0.05, 0) is 25.5 Å². The van der Waals surface area contributed by atoms with Gasteiger partial charge in [-0.2, -0.15) is 10.2 Å². The first kappa shape index (κ1) is 14.2. The zero-order valence-corrected chi connectivity index (χ0v) is 13.3. The molecule has 3 aromatic heterocycles. The van der Waals surface area contributed by atoms with Gasteiger partial charge in [0.1, 0.15) is 11.6 Å². The van der Waals surface area contributed by atoms with Crippen LogP contribution < -0.4 is 5.32 Å². The van der Waals surface area contributed by atoms with Crippen LogP contribution >= 0.6 is 0 Å². The van der Waals surface area contributed by atoms with Gasteiger partial charge in [-0.15, -0.1) is 0 Å². The molecule has 120 valence electrons. The van der Waals surface area contributed by atoms with Crippen molar-refractivity contribution < 1.29 is 4.74 Å². The van der Waals surface area contributed by atoms with Crippen molar-refractivity contribution in [2.24, 2.45) is 13.0 Å². The highest BCUT2D eigenvalue weighted by atomic mass is 16.5. The molecule has 1 aliphatic rings. The predicted molar refractivity (Wildman–Crippen MR) is 86.2 cm³/mol. The number of aromatic nitrogens is 5. The highest BCUT2D eigenvalue weighted by Crippen LogP contribution is 2.34. The fourth-order valence-electron chi connectivity index (χ4n) is 3.24. The van der Waals surface area contributed by atoms with Crippen molar-refractivity contribution >= 4 is 11.3 Å². The lowest BCUT2D eigenvalue weighted by atomic mass is 9.99. The first-order valence-electron chi connectivity index (χ1n) is 7.87. The lowest BCUT2D eigenvalue weighted by Crippen LogP contribution is -2.20. The summed E-state index contributed by atoms with van der Waals surface area (Å²) in [6.45, 7) is 3.58. The standard InChI is InChI=1S/C16H20N6O/c1-11-9-14-16(17-6-7-22(14)20-11)18-10-12-4-8-23-15(12)13-3-5-19-21(13)2/h3,5-7,9,12,15H,4,8,10H2,1-2H3,(H,17,18)/t12-,15+/m0/s1. The van der Waals surface area contributed by atoms with Crippen LogP contribution in [-0.2, 0) is 11.8 Å². The zero-order valence-electron chi connectivity index (χ0n) is 13.3. The van der Waals surface area contributed by atoms with Crippen molar-refractivity contribution in [1.82, 2.24) is 24.4 Å². The van der Waals surface area contributed by atoms with E-state index >= 15 is 0 Å². The highest BCUT2D eigenvalue weighted by Gasteiger charge is 2.31. The summed E-state index contributed by atoms with van der Waals surface area (Å²) in [5.41, 5.74) is 3.11. The zero-order chi connectivity index (χ0) is 15.8. The topological polar surface area (TPSA) is 69.3 Å². The summed E-state index contributed by atoms with van der Waals surface area (Å²) in [4.78, 5) is 4.46. The minimum atomic E-state index is 0.0846. The summed E-state index contributed by atoms with van der Waals surface area (Å²) in [6, 6.07) is 4.07. The molecule has 0 bridgehead atoms. The van der Waals surface area contributed by atoms with Gasteiger partial charge in [0, 0.05) is 44.7 Å². The Balaban J connectivity index is 1.52. The molecule has 0 radical (unpaired) electrons. The SMILES string of the molecule is Cc1cc2c(NC[C@@H]3CCO[C@H]3c3ccnn3C)nccn2n1. The molecule has 1 aliphatic heterocycles. The number of rotatable bonds is 4. The van der Waals surface area contributed by atoms with Crippen LogP contribution in [0.4, 0.5) is 5.82 Å². The molecular formula is C16H20N6O. The number of hydrogen-bond donors (Lipinski definition) is 1. The second-order valence-corrected chi connectivity index (χ2v) is 5.99. The van der Waals surface area contributed by atoms with E-state index in [9.17, 15) is 0 Å². The quantitative estimate of drug-likeness (QED) is 0.797. The maximum Gasteiger partial charge on any atom is 0.152 e. The van der Waals surface area contributed by atoms with E-state index in [-0.39, 0.29) is 6.10 Å². The van der Waals surface area contributed by atoms with Crippen LogP contribution in [0.5, 0.6) is 0 Å². The molecule has 0 unspecified atom stereocenters. The van der Waals surface area contributed by atoms with Crippen molar-refractivity contribution in [2.45, 2.75) is 19.4 Å². The number of nitrogens with one attached hydrogen (secondary N) is 1. The summed E-state index contributed by atoms with van der Waals surface area (Å²) in [5.74, 6) is 1.26. The van der Waals surface area contributed by atoms with Gasteiger partial charge < -0.3 is 10.1 Å². The van der Waals surface area contributed by atoms with Gasteiger partial charge >= 0.3 is 0 Å². The van der Waals surface area contributed by atoms with Gasteiger partial charge in [0.15, 0.2) is 5.82 Å². The molecule has 7 nitrogen and oxygen atoms in total. The Kier molecular flexibility index (Phi) is 3.49. The van der Waals surface area contributed by atoms with Crippen LogP contribution in [0.2, 0.25) is 0 Å². The Hall–Kier alpha value is -2.41. The molecule has 7 heteroatoms. The van der Waals surface area contributed by atoms with Crippen molar-refractivity contribution in [1.29, 1.82) is 0 Å². The number of ether oxygens (including phenoxy) is 1. The maximum absolute atomic E-state index is 5.93. The van der Waals surface area contributed by atoms with Crippen molar-refractivity contribution in [2.75, 3.05) is 18.5 Å². The molecular weight excluding hydrogens is 292 g/mol. The van der Waals surface area contributed by atoms with Gasteiger partial charge in [-0.25, -0.2) is 9.50 Å². The fraction of sp³-hybridized carbons (Fsp3) is 0.438. The predicted octanol–water partition coefficient (Wildman–Crippen LogP) is 1.96. The van der Waals surface area contributed by atoms with Gasteiger partial charge in [-0.3, -0.25) is 4.68 Å². The van der Waals surface area contributed by atoms with Crippen LogP contribution in [-0.4, -0.2) is 37.5 Å². The molecule has 0 aliphatic carbocycles. The Labute approximate surface area is 134 Å². The van der Waals surface area contributed by atoms with Crippen LogP contribution in [0.25, 0.3) is 5.52 Å². The molecule has 4 heterocycles. The van der Waals surface area contributed by atoms with Crippen LogP contribution in [0.15, 0.2) is 30.7 Å². The van der Waals surface area contributed by atoms with Gasteiger partial charge in [0.25, 0.3) is 0 Å². The summed E-state index contributed by atoms with van der Waals surface area (Å²) < 4.78 is 9.68. The average molecular weight is 312 g/mol. The van der Waals surface area contributed by atoms with E-state index in [2.05, 4.69) is 20.5 Å². The smallest absolute Gasteiger partial charge is 0.152 e. The van der Waals surface area contributed by atoms with Gasteiger partial charge in [0.2, 0.25) is 0 Å². The molecule has 23 heavy (non-hydrogen) atoms. The molecule has 0 spiro atoms. The van der Waals surface area contributed by atoms with Crippen molar-refractivity contribution in [3.05, 3.63) is 42.1 Å². The minimum Gasteiger partial charge on any atom is -0.372 e. The second kappa shape index (κ2) is 5.66. The number of nitrogens with zero attached hydrogens (tertiary/aromatic N) is 5. The summed E-state index contributed by atoms with van der Waals surface area (Å²) in [7, 11) is 1.96. The molecule has 2 atom stereocenters. The van der Waals surface area contributed by atoms with E-state index in [0.717, 1.165) is 42.3 Å². The van der Waals surface area contributed by atoms with Crippen LogP contribution in [0, 0.1) is 12.8 Å². The summed E-state index contributed by atoms with van der Waals surface area (Å²) in [5, 5.41) is 12.1. The van der Waals surface area contributed by atoms with Crippen LogP contribution in [0.1, 0.15) is 23.9 Å².